The highest BCUT2D eigenvalue weighted by Gasteiger charge is 2.13. The number of nitrogens with zero attached hydrogens (tertiary/aromatic N) is 4. The Labute approximate surface area is 187 Å². The number of H-pyrrole nitrogens is 1. The zero-order valence-corrected chi connectivity index (χ0v) is 19.3. The highest BCUT2D eigenvalue weighted by atomic mass is 127. The standard InChI is InChI=1S/C19H27N7O2.HI/c1-4-13(5-2)15-10-14(28-26-15)11-21-19(20-6-3)22-12-17-23-18(25-24-17)16-8-7-9-27-16;/h7-10,13H,4-6,11-12H2,1-3H3,(H2,20,21,22)(H,23,24,25);1H. The second kappa shape index (κ2) is 11.6. The molecule has 3 N–H and O–H groups in total. The molecule has 9 nitrogen and oxygen atoms in total. The van der Waals surface area contributed by atoms with Crippen molar-refractivity contribution in [3.8, 4) is 11.6 Å². The van der Waals surface area contributed by atoms with Crippen LogP contribution in [0, 0.1) is 0 Å². The molecule has 0 saturated heterocycles. The van der Waals surface area contributed by atoms with Crippen LogP contribution in [0.3, 0.4) is 0 Å². The Morgan fingerprint density at radius 1 is 1.24 bits per heavy atom. The predicted octanol–water partition coefficient (Wildman–Crippen LogP) is 3.83. The molecule has 0 fully saturated rings. The van der Waals surface area contributed by atoms with Crippen molar-refractivity contribution in [2.45, 2.75) is 52.6 Å². The number of guanidine groups is 1. The predicted molar refractivity (Wildman–Crippen MR) is 121 cm³/mol. The summed E-state index contributed by atoms with van der Waals surface area (Å²) in [5.41, 5.74) is 1.01. The second-order valence-corrected chi connectivity index (χ2v) is 6.36. The van der Waals surface area contributed by atoms with Gasteiger partial charge in [0, 0.05) is 18.5 Å². The van der Waals surface area contributed by atoms with E-state index >= 15 is 0 Å². The van der Waals surface area contributed by atoms with Crippen LogP contribution in [-0.4, -0.2) is 32.8 Å². The number of aliphatic imine (C=N–C) groups is 1. The van der Waals surface area contributed by atoms with Crippen molar-refractivity contribution < 1.29 is 8.94 Å². The average molecular weight is 513 g/mol. The summed E-state index contributed by atoms with van der Waals surface area (Å²) < 4.78 is 10.7. The number of furan rings is 1. The van der Waals surface area contributed by atoms with Gasteiger partial charge in [0.15, 0.2) is 17.5 Å². The normalized spacial score (nSPS) is 11.5. The molecule has 0 amide bonds. The summed E-state index contributed by atoms with van der Waals surface area (Å²) in [6, 6.07) is 5.63. The van der Waals surface area contributed by atoms with Gasteiger partial charge < -0.3 is 19.6 Å². The summed E-state index contributed by atoms with van der Waals surface area (Å²) in [5.74, 6) is 3.68. The van der Waals surface area contributed by atoms with E-state index in [9.17, 15) is 0 Å². The van der Waals surface area contributed by atoms with Crippen LogP contribution in [0.4, 0.5) is 0 Å². The van der Waals surface area contributed by atoms with Gasteiger partial charge in [-0.25, -0.2) is 9.98 Å². The van der Waals surface area contributed by atoms with Crippen LogP contribution < -0.4 is 10.6 Å². The monoisotopic (exact) mass is 513 g/mol. The first-order chi connectivity index (χ1) is 13.7. The lowest BCUT2D eigenvalue weighted by Crippen LogP contribution is -2.36. The molecular weight excluding hydrogens is 485 g/mol. The lowest BCUT2D eigenvalue weighted by atomic mass is 9.99. The summed E-state index contributed by atoms with van der Waals surface area (Å²) in [6.45, 7) is 7.95. The maximum absolute atomic E-state index is 5.45. The molecule has 29 heavy (non-hydrogen) atoms. The van der Waals surface area contributed by atoms with Crippen LogP contribution >= 0.6 is 24.0 Å². The molecule has 3 rings (SSSR count). The van der Waals surface area contributed by atoms with Crippen molar-refractivity contribution in [1.82, 2.24) is 31.0 Å². The first kappa shape index (κ1) is 22.9. The van der Waals surface area contributed by atoms with Crippen LogP contribution in [0.25, 0.3) is 11.6 Å². The van der Waals surface area contributed by atoms with Crippen molar-refractivity contribution in [1.29, 1.82) is 0 Å². The maximum atomic E-state index is 5.45. The third-order valence-electron chi connectivity index (χ3n) is 4.42. The Morgan fingerprint density at radius 2 is 2.07 bits per heavy atom. The molecule has 158 valence electrons. The topological polar surface area (TPSA) is 117 Å². The SMILES string of the molecule is CCNC(=NCc1nc(-c2ccco2)n[nH]1)NCc1cc(C(CC)CC)no1.I. The summed E-state index contributed by atoms with van der Waals surface area (Å²) in [7, 11) is 0. The van der Waals surface area contributed by atoms with Crippen LogP contribution in [-0.2, 0) is 13.1 Å². The lowest BCUT2D eigenvalue weighted by Gasteiger charge is -2.09. The van der Waals surface area contributed by atoms with E-state index in [1.807, 2.05) is 19.1 Å². The quantitative estimate of drug-likeness (QED) is 0.226. The second-order valence-electron chi connectivity index (χ2n) is 6.36. The van der Waals surface area contributed by atoms with Gasteiger partial charge in [-0.05, 0) is 31.9 Å². The van der Waals surface area contributed by atoms with Gasteiger partial charge in [0.05, 0.1) is 18.5 Å². The van der Waals surface area contributed by atoms with E-state index in [0.29, 0.717) is 42.4 Å². The van der Waals surface area contributed by atoms with Crippen LogP contribution in [0.15, 0.2) is 38.4 Å². The Kier molecular flexibility index (Phi) is 9.16. The van der Waals surface area contributed by atoms with E-state index in [0.717, 1.165) is 30.8 Å². The molecule has 0 aliphatic rings. The van der Waals surface area contributed by atoms with Crippen molar-refractivity contribution in [3.63, 3.8) is 0 Å². The Hall–Kier alpha value is -2.37. The van der Waals surface area contributed by atoms with E-state index in [-0.39, 0.29) is 24.0 Å². The number of hydrogen-bond donors (Lipinski definition) is 3. The minimum Gasteiger partial charge on any atom is -0.461 e. The minimum absolute atomic E-state index is 0. The molecule has 0 radical (unpaired) electrons. The minimum atomic E-state index is 0. The highest BCUT2D eigenvalue weighted by Crippen LogP contribution is 2.22. The van der Waals surface area contributed by atoms with Gasteiger partial charge >= 0.3 is 0 Å². The van der Waals surface area contributed by atoms with Gasteiger partial charge in [0.1, 0.15) is 12.4 Å². The molecule has 0 aromatic carbocycles. The molecular formula is C19H28IN7O2. The zero-order valence-electron chi connectivity index (χ0n) is 16.9. The number of rotatable bonds is 9. The highest BCUT2D eigenvalue weighted by molar-refractivity contribution is 14.0. The molecule has 10 heteroatoms. The van der Waals surface area contributed by atoms with Gasteiger partial charge in [-0.1, -0.05) is 19.0 Å². The maximum Gasteiger partial charge on any atom is 0.216 e. The molecule has 0 aliphatic carbocycles. The number of aromatic amines is 1. The lowest BCUT2D eigenvalue weighted by molar-refractivity contribution is 0.368. The van der Waals surface area contributed by atoms with Crippen molar-refractivity contribution in [2.24, 2.45) is 4.99 Å². The summed E-state index contributed by atoms with van der Waals surface area (Å²) in [6.07, 6.45) is 3.70. The van der Waals surface area contributed by atoms with Gasteiger partial charge in [-0.15, -0.1) is 29.1 Å². The Bertz CT molecular complexity index is 869. The zero-order chi connectivity index (χ0) is 19.8. The average Bonchev–Trinajstić information content (AvgIpc) is 3.46. The first-order valence-electron chi connectivity index (χ1n) is 9.66. The number of aromatic nitrogens is 4. The van der Waals surface area contributed by atoms with E-state index < -0.39 is 0 Å². The fourth-order valence-electron chi connectivity index (χ4n) is 2.86. The molecule has 3 aromatic heterocycles. The number of halogens is 1. The molecule has 0 aliphatic heterocycles. The fourth-order valence-corrected chi connectivity index (χ4v) is 2.86. The largest absolute Gasteiger partial charge is 0.461 e. The first-order valence-corrected chi connectivity index (χ1v) is 9.66. The van der Waals surface area contributed by atoms with Crippen LogP contribution in [0.2, 0.25) is 0 Å². The molecule has 3 aromatic rings. The molecule has 0 unspecified atom stereocenters. The fraction of sp³-hybridized carbons (Fsp3) is 0.474. The van der Waals surface area contributed by atoms with E-state index in [1.54, 1.807) is 12.3 Å². The number of hydrogen-bond acceptors (Lipinski definition) is 6. The third kappa shape index (κ3) is 6.31. The number of nitrogens with one attached hydrogen (secondary N) is 3. The third-order valence-corrected chi connectivity index (χ3v) is 4.42. The molecule has 0 atom stereocenters. The summed E-state index contributed by atoms with van der Waals surface area (Å²) >= 11 is 0. The summed E-state index contributed by atoms with van der Waals surface area (Å²) in [5, 5.41) is 17.7. The van der Waals surface area contributed by atoms with Gasteiger partial charge in [0.25, 0.3) is 0 Å². The Morgan fingerprint density at radius 3 is 2.76 bits per heavy atom. The molecule has 0 spiro atoms. The molecule has 3 heterocycles. The van der Waals surface area contributed by atoms with Crippen molar-refractivity contribution >= 4 is 29.9 Å². The van der Waals surface area contributed by atoms with Gasteiger partial charge in [-0.3, -0.25) is 5.10 Å². The smallest absolute Gasteiger partial charge is 0.216 e. The van der Waals surface area contributed by atoms with Crippen LogP contribution in [0.1, 0.15) is 56.8 Å². The van der Waals surface area contributed by atoms with Crippen LogP contribution in [0.5, 0.6) is 0 Å². The molecule has 0 saturated carbocycles. The van der Waals surface area contributed by atoms with Crippen molar-refractivity contribution in [2.75, 3.05) is 6.54 Å². The van der Waals surface area contributed by atoms with E-state index in [4.69, 9.17) is 8.94 Å². The van der Waals surface area contributed by atoms with E-state index in [2.05, 4.69) is 49.8 Å². The summed E-state index contributed by atoms with van der Waals surface area (Å²) in [4.78, 5) is 8.93. The van der Waals surface area contributed by atoms with Gasteiger partial charge in [-0.2, -0.15) is 0 Å². The van der Waals surface area contributed by atoms with E-state index in [1.165, 1.54) is 0 Å². The van der Waals surface area contributed by atoms with Crippen molar-refractivity contribution in [3.05, 3.63) is 41.7 Å². The molecule has 0 bridgehead atoms. The Balaban J connectivity index is 0.00000300. The van der Waals surface area contributed by atoms with Gasteiger partial charge in [0.2, 0.25) is 5.82 Å².